The highest BCUT2D eigenvalue weighted by atomic mass is 79.9. The maximum Gasteiger partial charge on any atom is 0.166 e. The van der Waals surface area contributed by atoms with E-state index in [4.69, 9.17) is 9.47 Å². The van der Waals surface area contributed by atoms with Crippen LogP contribution in [0.25, 0.3) is 0 Å². The standard InChI is InChI=1S/C23H32BrNO2.ClH/c1-22(2,3)16-23(4,5)25-14-18-12-19(24)13-20(26-6)21(18)27-15-17-10-8-7-9-11-17;/h7-13,25H,14-16H2,1-6H3;1H. The van der Waals surface area contributed by atoms with Crippen molar-refractivity contribution in [3.63, 3.8) is 0 Å². The van der Waals surface area contributed by atoms with Crippen LogP contribution in [0.2, 0.25) is 0 Å². The summed E-state index contributed by atoms with van der Waals surface area (Å²) >= 11 is 3.59. The molecule has 2 rings (SSSR count). The monoisotopic (exact) mass is 469 g/mol. The molecule has 0 aliphatic rings. The highest BCUT2D eigenvalue weighted by Gasteiger charge is 2.25. The van der Waals surface area contributed by atoms with Gasteiger partial charge in [-0.25, -0.2) is 0 Å². The fourth-order valence-electron chi connectivity index (χ4n) is 3.52. The zero-order valence-electron chi connectivity index (χ0n) is 17.8. The number of ether oxygens (including phenoxy) is 2. The van der Waals surface area contributed by atoms with E-state index in [1.54, 1.807) is 7.11 Å². The first-order valence-electron chi connectivity index (χ1n) is 9.38. The minimum atomic E-state index is 0. The van der Waals surface area contributed by atoms with Crippen LogP contribution in [0, 0.1) is 5.41 Å². The summed E-state index contributed by atoms with van der Waals surface area (Å²) in [5.41, 5.74) is 2.50. The van der Waals surface area contributed by atoms with E-state index in [2.05, 4.69) is 74.1 Å². The van der Waals surface area contributed by atoms with Crippen LogP contribution < -0.4 is 14.8 Å². The predicted molar refractivity (Wildman–Crippen MR) is 124 cm³/mol. The molecule has 0 fully saturated rings. The molecule has 0 atom stereocenters. The molecule has 3 nitrogen and oxygen atoms in total. The van der Waals surface area contributed by atoms with Crippen molar-refractivity contribution in [3.05, 3.63) is 58.1 Å². The van der Waals surface area contributed by atoms with Gasteiger partial charge in [0.15, 0.2) is 11.5 Å². The number of benzene rings is 2. The van der Waals surface area contributed by atoms with Gasteiger partial charge in [0.25, 0.3) is 0 Å². The second-order valence-electron chi connectivity index (χ2n) is 8.85. The Morgan fingerprint density at radius 3 is 2.21 bits per heavy atom. The van der Waals surface area contributed by atoms with Gasteiger partial charge in [0.05, 0.1) is 7.11 Å². The maximum absolute atomic E-state index is 6.18. The molecular weight excluding hydrogens is 438 g/mol. The molecule has 0 heterocycles. The van der Waals surface area contributed by atoms with Crippen LogP contribution in [0.15, 0.2) is 46.9 Å². The van der Waals surface area contributed by atoms with Crippen molar-refractivity contribution in [1.82, 2.24) is 5.32 Å². The first-order chi connectivity index (χ1) is 12.6. The smallest absolute Gasteiger partial charge is 0.166 e. The largest absolute Gasteiger partial charge is 0.493 e. The summed E-state index contributed by atoms with van der Waals surface area (Å²) in [4.78, 5) is 0. The molecule has 0 radical (unpaired) electrons. The lowest BCUT2D eigenvalue weighted by atomic mass is 9.81. The van der Waals surface area contributed by atoms with Gasteiger partial charge in [-0.15, -0.1) is 12.4 Å². The predicted octanol–water partition coefficient (Wildman–Crippen LogP) is 6.76. The molecule has 0 aliphatic carbocycles. The van der Waals surface area contributed by atoms with E-state index in [9.17, 15) is 0 Å². The molecule has 0 bridgehead atoms. The van der Waals surface area contributed by atoms with E-state index in [0.717, 1.165) is 33.5 Å². The molecule has 5 heteroatoms. The second-order valence-corrected chi connectivity index (χ2v) is 9.76. The Morgan fingerprint density at radius 1 is 1.00 bits per heavy atom. The average Bonchev–Trinajstić information content (AvgIpc) is 2.57. The van der Waals surface area contributed by atoms with Gasteiger partial charge < -0.3 is 14.8 Å². The van der Waals surface area contributed by atoms with E-state index in [-0.39, 0.29) is 23.4 Å². The van der Waals surface area contributed by atoms with Gasteiger partial charge in [-0.1, -0.05) is 67.0 Å². The lowest BCUT2D eigenvalue weighted by molar-refractivity contribution is 0.237. The molecule has 0 saturated carbocycles. The normalized spacial score (nSPS) is 11.7. The first-order valence-corrected chi connectivity index (χ1v) is 10.2. The molecular formula is C23H33BrClNO2. The molecule has 0 saturated heterocycles. The number of nitrogens with one attached hydrogen (secondary N) is 1. The average molecular weight is 471 g/mol. The molecule has 2 aromatic carbocycles. The molecule has 0 unspecified atom stereocenters. The number of methoxy groups -OCH3 is 1. The van der Waals surface area contributed by atoms with Gasteiger partial charge >= 0.3 is 0 Å². The first kappa shape index (κ1) is 24.8. The SMILES string of the molecule is COc1cc(Br)cc(CNC(C)(C)CC(C)(C)C)c1OCc1ccccc1.Cl. The molecule has 1 N–H and O–H groups in total. The van der Waals surface area contributed by atoms with Crippen molar-refractivity contribution >= 4 is 28.3 Å². The third-order valence-electron chi connectivity index (χ3n) is 4.27. The van der Waals surface area contributed by atoms with Crippen LogP contribution in [0.5, 0.6) is 11.5 Å². The van der Waals surface area contributed by atoms with Gasteiger partial charge in [-0.3, -0.25) is 0 Å². The Balaban J connectivity index is 0.00000392. The van der Waals surface area contributed by atoms with Gasteiger partial charge in [-0.2, -0.15) is 0 Å². The molecule has 2 aromatic rings. The summed E-state index contributed by atoms with van der Waals surface area (Å²) in [5, 5.41) is 3.69. The lowest BCUT2D eigenvalue weighted by Gasteiger charge is -2.34. The van der Waals surface area contributed by atoms with Crippen molar-refractivity contribution in [3.8, 4) is 11.5 Å². The van der Waals surface area contributed by atoms with Crippen molar-refractivity contribution in [2.24, 2.45) is 5.41 Å². The molecule has 156 valence electrons. The highest BCUT2D eigenvalue weighted by Crippen LogP contribution is 2.36. The quantitative estimate of drug-likeness (QED) is 0.462. The van der Waals surface area contributed by atoms with E-state index >= 15 is 0 Å². The van der Waals surface area contributed by atoms with Crippen LogP contribution in [-0.2, 0) is 13.2 Å². The summed E-state index contributed by atoms with van der Waals surface area (Å²) < 4.78 is 12.7. The fourth-order valence-corrected chi connectivity index (χ4v) is 4.01. The molecule has 0 aliphatic heterocycles. The summed E-state index contributed by atoms with van der Waals surface area (Å²) in [6.45, 7) is 12.5. The van der Waals surface area contributed by atoms with Crippen LogP contribution >= 0.6 is 28.3 Å². The number of halogens is 2. The van der Waals surface area contributed by atoms with E-state index < -0.39 is 0 Å². The third kappa shape index (κ3) is 8.02. The second kappa shape index (κ2) is 10.5. The summed E-state index contributed by atoms with van der Waals surface area (Å²) in [5.74, 6) is 1.54. The number of hydrogen-bond acceptors (Lipinski definition) is 3. The van der Waals surface area contributed by atoms with Crippen LogP contribution in [-0.4, -0.2) is 12.6 Å². The van der Waals surface area contributed by atoms with E-state index in [1.807, 2.05) is 24.3 Å². The molecule has 28 heavy (non-hydrogen) atoms. The van der Waals surface area contributed by atoms with Crippen LogP contribution in [0.3, 0.4) is 0 Å². The fraction of sp³-hybridized carbons (Fsp3) is 0.478. The Hall–Kier alpha value is -1.23. The zero-order valence-corrected chi connectivity index (χ0v) is 20.2. The summed E-state index contributed by atoms with van der Waals surface area (Å²) in [6, 6.07) is 14.2. The van der Waals surface area contributed by atoms with Crippen molar-refractivity contribution in [2.45, 2.75) is 59.7 Å². The molecule has 0 spiro atoms. The van der Waals surface area contributed by atoms with Gasteiger partial charge in [-0.05, 0) is 43.4 Å². The Bertz CT molecular complexity index is 742. The van der Waals surface area contributed by atoms with Crippen molar-refractivity contribution < 1.29 is 9.47 Å². The van der Waals surface area contributed by atoms with Crippen molar-refractivity contribution in [1.29, 1.82) is 0 Å². The third-order valence-corrected chi connectivity index (χ3v) is 4.73. The summed E-state index contributed by atoms with van der Waals surface area (Å²) in [6.07, 6.45) is 1.07. The van der Waals surface area contributed by atoms with E-state index in [1.165, 1.54) is 0 Å². The molecule has 0 amide bonds. The zero-order chi connectivity index (χ0) is 20.1. The van der Waals surface area contributed by atoms with Crippen LogP contribution in [0.4, 0.5) is 0 Å². The Labute approximate surface area is 184 Å². The minimum Gasteiger partial charge on any atom is -0.493 e. The topological polar surface area (TPSA) is 30.5 Å². The van der Waals surface area contributed by atoms with Crippen LogP contribution in [0.1, 0.15) is 52.2 Å². The highest BCUT2D eigenvalue weighted by molar-refractivity contribution is 9.10. The maximum atomic E-state index is 6.18. The van der Waals surface area contributed by atoms with Gasteiger partial charge in [0.1, 0.15) is 6.61 Å². The minimum absolute atomic E-state index is 0. The van der Waals surface area contributed by atoms with Gasteiger partial charge in [0, 0.05) is 22.1 Å². The van der Waals surface area contributed by atoms with Crippen molar-refractivity contribution in [2.75, 3.05) is 7.11 Å². The Morgan fingerprint density at radius 2 is 1.64 bits per heavy atom. The number of hydrogen-bond donors (Lipinski definition) is 1. The summed E-state index contributed by atoms with van der Waals surface area (Å²) in [7, 11) is 1.68. The number of rotatable bonds is 8. The van der Waals surface area contributed by atoms with E-state index in [0.29, 0.717) is 13.2 Å². The molecule has 0 aromatic heterocycles. The van der Waals surface area contributed by atoms with Gasteiger partial charge in [0.2, 0.25) is 0 Å². The lowest BCUT2D eigenvalue weighted by Crippen LogP contribution is -2.41. The Kier molecular flexibility index (Phi) is 9.32.